The Morgan fingerprint density at radius 1 is 1.30 bits per heavy atom. The summed E-state index contributed by atoms with van der Waals surface area (Å²) in [5.74, 6) is 0.170. The van der Waals surface area contributed by atoms with Crippen LogP contribution in [-0.4, -0.2) is 27.0 Å². The summed E-state index contributed by atoms with van der Waals surface area (Å²) in [6.07, 6.45) is 0. The van der Waals surface area contributed by atoms with Crippen molar-refractivity contribution in [2.24, 2.45) is 0 Å². The van der Waals surface area contributed by atoms with Gasteiger partial charge in [-0.3, -0.25) is 10.1 Å². The molecule has 0 unspecified atom stereocenters. The van der Waals surface area contributed by atoms with Gasteiger partial charge in [-0.15, -0.1) is 4.98 Å². The number of nitro benzene ring substituents is 1. The van der Waals surface area contributed by atoms with Crippen LogP contribution >= 0.6 is 27.5 Å². The largest absolute Gasteiger partial charge is 0.467 e. The van der Waals surface area contributed by atoms with Gasteiger partial charge in [-0.2, -0.15) is 9.97 Å². The number of hydrogen-bond acceptors (Lipinski definition) is 7. The van der Waals surface area contributed by atoms with E-state index in [9.17, 15) is 10.1 Å². The van der Waals surface area contributed by atoms with Crippen LogP contribution in [0, 0.1) is 10.1 Å². The van der Waals surface area contributed by atoms with Crippen molar-refractivity contribution in [3.05, 3.63) is 38.1 Å². The maximum Gasteiger partial charge on any atom is 0.329 e. The molecule has 0 radical (unpaired) electrons. The van der Waals surface area contributed by atoms with E-state index in [2.05, 4.69) is 30.9 Å². The van der Waals surface area contributed by atoms with E-state index in [4.69, 9.17) is 21.1 Å². The van der Waals surface area contributed by atoms with E-state index < -0.39 is 4.92 Å². The molecule has 0 N–H and O–H groups in total. The number of nitrogens with zero attached hydrogens (tertiary/aromatic N) is 4. The first-order valence-electron chi connectivity index (χ1n) is 5.07. The summed E-state index contributed by atoms with van der Waals surface area (Å²) in [7, 11) is 1.36. The van der Waals surface area contributed by atoms with Gasteiger partial charge in [0.1, 0.15) is 0 Å². The summed E-state index contributed by atoms with van der Waals surface area (Å²) in [5.41, 5.74) is -0.129. The molecule has 0 saturated carbocycles. The molecule has 20 heavy (non-hydrogen) atoms. The molecule has 2 aromatic rings. The second-order valence-electron chi connectivity index (χ2n) is 3.35. The Balaban J connectivity index is 2.36. The van der Waals surface area contributed by atoms with E-state index in [0.29, 0.717) is 4.47 Å². The molecular weight excluding hydrogens is 355 g/mol. The SMILES string of the molecule is COc1nc(Cl)nc(Oc2cc([N+](=O)[O-])ccc2Br)n1. The minimum atomic E-state index is -0.541. The van der Waals surface area contributed by atoms with Crippen LogP contribution in [0.3, 0.4) is 0 Å². The average molecular weight is 362 g/mol. The second-order valence-corrected chi connectivity index (χ2v) is 4.54. The number of rotatable bonds is 4. The zero-order chi connectivity index (χ0) is 14.7. The van der Waals surface area contributed by atoms with Crippen LogP contribution in [0.15, 0.2) is 22.7 Å². The van der Waals surface area contributed by atoms with Crippen molar-refractivity contribution >= 4 is 33.2 Å². The monoisotopic (exact) mass is 360 g/mol. The van der Waals surface area contributed by atoms with Crippen molar-refractivity contribution in [3.8, 4) is 17.8 Å². The van der Waals surface area contributed by atoms with E-state index in [1.807, 2.05) is 0 Å². The molecule has 1 heterocycles. The number of benzene rings is 1. The first kappa shape index (κ1) is 14.4. The summed E-state index contributed by atoms with van der Waals surface area (Å²) < 4.78 is 10.7. The maximum absolute atomic E-state index is 10.7. The zero-order valence-electron chi connectivity index (χ0n) is 9.91. The Morgan fingerprint density at radius 3 is 2.65 bits per heavy atom. The van der Waals surface area contributed by atoms with Crippen molar-refractivity contribution in [2.75, 3.05) is 7.11 Å². The summed E-state index contributed by atoms with van der Waals surface area (Å²) >= 11 is 8.88. The molecule has 0 aliphatic carbocycles. The molecule has 2 rings (SSSR count). The smallest absolute Gasteiger partial charge is 0.329 e. The van der Waals surface area contributed by atoms with Gasteiger partial charge in [0.05, 0.1) is 22.6 Å². The summed E-state index contributed by atoms with van der Waals surface area (Å²) in [4.78, 5) is 21.4. The van der Waals surface area contributed by atoms with Crippen molar-refractivity contribution in [1.82, 2.24) is 15.0 Å². The number of hydrogen-bond donors (Lipinski definition) is 0. The highest BCUT2D eigenvalue weighted by Gasteiger charge is 2.14. The van der Waals surface area contributed by atoms with Gasteiger partial charge in [0.15, 0.2) is 5.75 Å². The van der Waals surface area contributed by atoms with Crippen LogP contribution in [0.1, 0.15) is 0 Å². The van der Waals surface area contributed by atoms with Gasteiger partial charge in [0.25, 0.3) is 5.69 Å². The van der Waals surface area contributed by atoms with Crippen molar-refractivity contribution in [2.45, 2.75) is 0 Å². The number of ether oxygens (including phenoxy) is 2. The highest BCUT2D eigenvalue weighted by molar-refractivity contribution is 9.10. The molecule has 0 fully saturated rings. The molecule has 0 amide bonds. The lowest BCUT2D eigenvalue weighted by molar-refractivity contribution is -0.384. The quantitative estimate of drug-likeness (QED) is 0.609. The standard InChI is InChI=1S/C10H6BrClN4O4/c1-19-9-13-8(12)14-10(15-9)20-7-4-5(16(17)18)2-3-6(7)11/h2-4H,1H3. The third-order valence-corrected chi connectivity index (χ3v) is 2.90. The molecule has 104 valence electrons. The van der Waals surface area contributed by atoms with E-state index >= 15 is 0 Å². The molecule has 0 aliphatic rings. The predicted octanol–water partition coefficient (Wildman–Crippen LogP) is 3.00. The van der Waals surface area contributed by atoms with Gasteiger partial charge < -0.3 is 9.47 Å². The van der Waals surface area contributed by atoms with Gasteiger partial charge >= 0.3 is 12.0 Å². The fourth-order valence-electron chi connectivity index (χ4n) is 1.23. The lowest BCUT2D eigenvalue weighted by atomic mass is 10.3. The first-order chi connectivity index (χ1) is 9.49. The number of non-ortho nitro benzene ring substituents is 1. The maximum atomic E-state index is 10.7. The highest BCUT2D eigenvalue weighted by Crippen LogP contribution is 2.32. The van der Waals surface area contributed by atoms with Gasteiger partial charge in [-0.05, 0) is 33.6 Å². The molecule has 0 saturated heterocycles. The van der Waals surface area contributed by atoms with E-state index in [0.717, 1.165) is 0 Å². The molecule has 1 aromatic heterocycles. The molecule has 0 atom stereocenters. The minimum absolute atomic E-state index is 0.0263. The van der Waals surface area contributed by atoms with Gasteiger partial charge in [0, 0.05) is 6.07 Å². The average Bonchev–Trinajstić information content (AvgIpc) is 2.40. The topological polar surface area (TPSA) is 100 Å². The van der Waals surface area contributed by atoms with E-state index in [1.165, 1.54) is 25.3 Å². The van der Waals surface area contributed by atoms with Crippen LogP contribution in [0.2, 0.25) is 5.28 Å². The van der Waals surface area contributed by atoms with Crippen LogP contribution < -0.4 is 9.47 Å². The third-order valence-electron chi connectivity index (χ3n) is 2.08. The Bertz CT molecular complexity index is 670. The highest BCUT2D eigenvalue weighted by atomic mass is 79.9. The van der Waals surface area contributed by atoms with Crippen LogP contribution in [0.25, 0.3) is 0 Å². The molecule has 0 spiro atoms. The number of methoxy groups -OCH3 is 1. The van der Waals surface area contributed by atoms with Gasteiger partial charge in [-0.1, -0.05) is 0 Å². The van der Waals surface area contributed by atoms with Crippen LogP contribution in [-0.2, 0) is 0 Å². The van der Waals surface area contributed by atoms with Crippen molar-refractivity contribution in [1.29, 1.82) is 0 Å². The van der Waals surface area contributed by atoms with E-state index in [1.54, 1.807) is 0 Å². The lowest BCUT2D eigenvalue weighted by Crippen LogP contribution is -1.99. The Labute approximate surface area is 126 Å². The normalized spacial score (nSPS) is 10.2. The zero-order valence-corrected chi connectivity index (χ0v) is 12.3. The number of halogens is 2. The van der Waals surface area contributed by atoms with E-state index in [-0.39, 0.29) is 28.7 Å². The fourth-order valence-corrected chi connectivity index (χ4v) is 1.71. The fraction of sp³-hybridized carbons (Fsp3) is 0.100. The third kappa shape index (κ3) is 3.31. The van der Waals surface area contributed by atoms with Crippen molar-refractivity contribution < 1.29 is 14.4 Å². The predicted molar refractivity (Wildman–Crippen MR) is 72.3 cm³/mol. The number of nitro groups is 1. The minimum Gasteiger partial charge on any atom is -0.467 e. The first-order valence-corrected chi connectivity index (χ1v) is 6.24. The van der Waals surface area contributed by atoms with Gasteiger partial charge in [0.2, 0.25) is 5.28 Å². The number of aromatic nitrogens is 3. The lowest BCUT2D eigenvalue weighted by Gasteiger charge is -2.06. The summed E-state index contributed by atoms with van der Waals surface area (Å²) in [6.45, 7) is 0. The molecule has 10 heteroatoms. The molecule has 8 nitrogen and oxygen atoms in total. The van der Waals surface area contributed by atoms with Gasteiger partial charge in [-0.25, -0.2) is 0 Å². The molecule has 0 aliphatic heterocycles. The second kappa shape index (κ2) is 5.97. The molecular formula is C10H6BrClN4O4. The summed E-state index contributed by atoms with van der Waals surface area (Å²) in [6, 6.07) is 3.88. The Kier molecular flexibility index (Phi) is 4.30. The summed E-state index contributed by atoms with van der Waals surface area (Å²) in [5, 5.41) is 10.6. The van der Waals surface area contributed by atoms with Crippen LogP contribution in [0.4, 0.5) is 5.69 Å². The van der Waals surface area contributed by atoms with Crippen LogP contribution in [0.5, 0.6) is 17.8 Å². The van der Waals surface area contributed by atoms with Crippen molar-refractivity contribution in [3.63, 3.8) is 0 Å². The molecule has 1 aromatic carbocycles. The Hall–Kier alpha value is -2.00. The Morgan fingerprint density at radius 2 is 2.00 bits per heavy atom. The molecule has 0 bridgehead atoms.